The molecule has 0 bridgehead atoms. The van der Waals surface area contributed by atoms with Crippen molar-refractivity contribution in [2.75, 3.05) is 5.32 Å². The Hall–Kier alpha value is -3.18. The number of rotatable bonds is 5. The Kier molecular flexibility index (Phi) is 5.29. The number of aromatic nitrogens is 2. The van der Waals surface area contributed by atoms with Gasteiger partial charge < -0.3 is 9.73 Å². The van der Waals surface area contributed by atoms with Crippen LogP contribution in [0.4, 0.5) is 10.1 Å². The van der Waals surface area contributed by atoms with Gasteiger partial charge >= 0.3 is 0 Å². The van der Waals surface area contributed by atoms with E-state index >= 15 is 0 Å². The minimum absolute atomic E-state index is 0.0605. The van der Waals surface area contributed by atoms with Gasteiger partial charge in [0.2, 0.25) is 5.91 Å². The van der Waals surface area contributed by atoms with E-state index in [1.165, 1.54) is 6.07 Å². The van der Waals surface area contributed by atoms with E-state index in [-0.39, 0.29) is 22.6 Å². The van der Waals surface area contributed by atoms with Gasteiger partial charge in [-0.25, -0.2) is 4.39 Å². The molecular formula is C18H13FN4O2S. The molecule has 0 radical (unpaired) electrons. The van der Waals surface area contributed by atoms with Crippen molar-refractivity contribution in [3.63, 3.8) is 0 Å². The van der Waals surface area contributed by atoms with Crippen molar-refractivity contribution in [2.45, 2.75) is 17.4 Å². The third-order valence-electron chi connectivity index (χ3n) is 3.44. The molecule has 1 amide bonds. The average Bonchev–Trinajstić information content (AvgIpc) is 3.11. The van der Waals surface area contributed by atoms with E-state index in [1.54, 1.807) is 49.4 Å². The van der Waals surface area contributed by atoms with Crippen LogP contribution in [0.15, 0.2) is 58.2 Å². The maximum Gasteiger partial charge on any atom is 0.277 e. The molecule has 0 aliphatic heterocycles. The molecule has 0 aliphatic rings. The van der Waals surface area contributed by atoms with Crippen LogP contribution in [0.2, 0.25) is 0 Å². The molecule has 6 nitrogen and oxygen atoms in total. The molecule has 1 N–H and O–H groups in total. The highest BCUT2D eigenvalue weighted by Gasteiger charge is 2.19. The second kappa shape index (κ2) is 7.80. The van der Waals surface area contributed by atoms with Gasteiger partial charge in [0.15, 0.2) is 0 Å². The number of hydrogen-bond acceptors (Lipinski definition) is 6. The molecule has 0 fully saturated rings. The van der Waals surface area contributed by atoms with E-state index in [9.17, 15) is 9.18 Å². The van der Waals surface area contributed by atoms with E-state index in [0.29, 0.717) is 11.3 Å². The maximum atomic E-state index is 13.8. The number of nitrogens with zero attached hydrogens (tertiary/aromatic N) is 3. The second-order valence-electron chi connectivity index (χ2n) is 5.29. The molecule has 0 unspecified atom stereocenters. The Morgan fingerprint density at radius 2 is 1.96 bits per heavy atom. The van der Waals surface area contributed by atoms with Crippen LogP contribution in [0.25, 0.3) is 11.5 Å². The van der Waals surface area contributed by atoms with Gasteiger partial charge in [0.25, 0.3) is 11.1 Å². The number of thioether (sulfide) groups is 1. The van der Waals surface area contributed by atoms with E-state index in [4.69, 9.17) is 9.68 Å². The quantitative estimate of drug-likeness (QED) is 0.688. The Bertz CT molecular complexity index is 966. The molecule has 130 valence electrons. The van der Waals surface area contributed by atoms with Crippen molar-refractivity contribution in [3.8, 4) is 17.5 Å². The fraction of sp³-hybridized carbons (Fsp3) is 0.111. The zero-order valence-electron chi connectivity index (χ0n) is 13.6. The van der Waals surface area contributed by atoms with Gasteiger partial charge in [-0.2, -0.15) is 5.26 Å². The van der Waals surface area contributed by atoms with Crippen LogP contribution in [-0.4, -0.2) is 21.4 Å². The molecule has 2 aromatic carbocycles. The van der Waals surface area contributed by atoms with Crippen molar-refractivity contribution >= 4 is 23.4 Å². The summed E-state index contributed by atoms with van der Waals surface area (Å²) in [4.78, 5) is 12.3. The first-order valence-corrected chi connectivity index (χ1v) is 8.51. The summed E-state index contributed by atoms with van der Waals surface area (Å²) in [5.74, 6) is -0.657. The van der Waals surface area contributed by atoms with Gasteiger partial charge in [-0.15, -0.1) is 10.2 Å². The lowest BCUT2D eigenvalue weighted by molar-refractivity contribution is -0.115. The number of amides is 1. The highest BCUT2D eigenvalue weighted by Crippen LogP contribution is 2.27. The van der Waals surface area contributed by atoms with Gasteiger partial charge in [-0.05, 0) is 43.3 Å². The highest BCUT2D eigenvalue weighted by atomic mass is 32.2. The van der Waals surface area contributed by atoms with Crippen molar-refractivity contribution < 1.29 is 13.6 Å². The number of halogens is 1. The number of carbonyl (C=O) groups excluding carboxylic acids is 1. The van der Waals surface area contributed by atoms with Crippen molar-refractivity contribution in [1.29, 1.82) is 5.26 Å². The van der Waals surface area contributed by atoms with E-state index in [0.717, 1.165) is 11.8 Å². The molecule has 0 aliphatic carbocycles. The summed E-state index contributed by atoms with van der Waals surface area (Å²) >= 11 is 1.07. The second-order valence-corrected chi connectivity index (χ2v) is 6.58. The third-order valence-corrected chi connectivity index (χ3v) is 4.37. The molecule has 3 rings (SSSR count). The van der Waals surface area contributed by atoms with Gasteiger partial charge in [-0.1, -0.05) is 23.9 Å². The summed E-state index contributed by atoms with van der Waals surface area (Å²) in [6.07, 6.45) is 0. The summed E-state index contributed by atoms with van der Waals surface area (Å²) in [7, 11) is 0. The summed E-state index contributed by atoms with van der Waals surface area (Å²) in [6, 6.07) is 14.6. The SMILES string of the molecule is C[C@H](Sc1nnc(-c2ccccc2F)o1)C(=O)Nc1ccc(C#N)cc1. The fourth-order valence-corrected chi connectivity index (χ4v) is 2.76. The number of benzene rings is 2. The first-order chi connectivity index (χ1) is 12.6. The number of anilines is 1. The Morgan fingerprint density at radius 1 is 1.23 bits per heavy atom. The Labute approximate surface area is 153 Å². The van der Waals surface area contributed by atoms with Crippen LogP contribution < -0.4 is 5.32 Å². The number of hydrogen-bond donors (Lipinski definition) is 1. The topological polar surface area (TPSA) is 91.8 Å². The first-order valence-electron chi connectivity index (χ1n) is 7.63. The summed E-state index contributed by atoms with van der Waals surface area (Å²) < 4.78 is 19.2. The van der Waals surface area contributed by atoms with Crippen LogP contribution in [0, 0.1) is 17.1 Å². The molecule has 3 aromatic rings. The van der Waals surface area contributed by atoms with Crippen LogP contribution in [0.1, 0.15) is 12.5 Å². The lowest BCUT2D eigenvalue weighted by Gasteiger charge is -2.09. The molecule has 1 heterocycles. The maximum absolute atomic E-state index is 13.8. The lowest BCUT2D eigenvalue weighted by atomic mass is 10.2. The van der Waals surface area contributed by atoms with Crippen LogP contribution >= 0.6 is 11.8 Å². The molecule has 8 heteroatoms. The van der Waals surface area contributed by atoms with Gasteiger partial charge in [0.05, 0.1) is 22.4 Å². The fourth-order valence-electron chi connectivity index (χ4n) is 2.08. The highest BCUT2D eigenvalue weighted by molar-refractivity contribution is 8.00. The molecule has 0 spiro atoms. The molecule has 0 saturated heterocycles. The third kappa shape index (κ3) is 4.07. The normalized spacial score (nSPS) is 11.6. The standard InChI is InChI=1S/C18H13FN4O2S/c1-11(16(24)21-13-8-6-12(10-20)7-9-13)26-18-23-22-17(25-18)14-4-2-3-5-15(14)19/h2-9,11H,1H3,(H,21,24)/t11-/m0/s1. The number of nitrogens with one attached hydrogen (secondary N) is 1. The minimum Gasteiger partial charge on any atom is -0.411 e. The number of nitriles is 1. The Morgan fingerprint density at radius 3 is 2.65 bits per heavy atom. The first kappa shape index (κ1) is 17.6. The zero-order chi connectivity index (χ0) is 18.5. The monoisotopic (exact) mass is 368 g/mol. The molecule has 1 atom stereocenters. The van der Waals surface area contributed by atoms with Gasteiger partial charge in [0.1, 0.15) is 5.82 Å². The van der Waals surface area contributed by atoms with Crippen molar-refractivity contribution in [1.82, 2.24) is 10.2 Å². The summed E-state index contributed by atoms with van der Waals surface area (Å²) in [6.45, 7) is 1.69. The molecule has 0 saturated carbocycles. The van der Waals surface area contributed by atoms with Crippen LogP contribution in [0.5, 0.6) is 0 Å². The summed E-state index contributed by atoms with van der Waals surface area (Å²) in [5.41, 5.74) is 1.30. The van der Waals surface area contributed by atoms with Crippen LogP contribution in [-0.2, 0) is 4.79 Å². The Balaban J connectivity index is 1.64. The molecule has 1 aromatic heterocycles. The number of carbonyl (C=O) groups is 1. The predicted molar refractivity (Wildman–Crippen MR) is 94.8 cm³/mol. The average molecular weight is 368 g/mol. The largest absolute Gasteiger partial charge is 0.411 e. The van der Waals surface area contributed by atoms with E-state index in [1.807, 2.05) is 6.07 Å². The van der Waals surface area contributed by atoms with Crippen LogP contribution in [0.3, 0.4) is 0 Å². The predicted octanol–water partition coefficient (Wildman–Crippen LogP) is 3.87. The van der Waals surface area contributed by atoms with Gasteiger partial charge in [-0.3, -0.25) is 4.79 Å². The molecule has 26 heavy (non-hydrogen) atoms. The minimum atomic E-state index is -0.514. The van der Waals surface area contributed by atoms with Gasteiger partial charge in [0, 0.05) is 5.69 Å². The lowest BCUT2D eigenvalue weighted by Crippen LogP contribution is -2.22. The van der Waals surface area contributed by atoms with E-state index in [2.05, 4.69) is 15.5 Å². The van der Waals surface area contributed by atoms with Crippen molar-refractivity contribution in [2.24, 2.45) is 0 Å². The zero-order valence-corrected chi connectivity index (χ0v) is 14.5. The smallest absolute Gasteiger partial charge is 0.277 e. The molecular weight excluding hydrogens is 355 g/mol. The van der Waals surface area contributed by atoms with E-state index < -0.39 is 11.1 Å². The van der Waals surface area contributed by atoms with Crippen molar-refractivity contribution in [3.05, 3.63) is 59.9 Å². The summed E-state index contributed by atoms with van der Waals surface area (Å²) in [5, 5.41) is 18.8.